The zero-order valence-electron chi connectivity index (χ0n) is 11.1. The lowest BCUT2D eigenvalue weighted by Gasteiger charge is -2.08. The summed E-state index contributed by atoms with van der Waals surface area (Å²) in [6.45, 7) is -0.0340. The number of nitrogens with zero attached hydrogens (tertiary/aromatic N) is 1. The van der Waals surface area contributed by atoms with E-state index < -0.39 is 16.6 Å². The highest BCUT2D eigenvalue weighted by atomic mass is 19.1. The average molecular weight is 294 g/mol. The van der Waals surface area contributed by atoms with Gasteiger partial charge in [-0.3, -0.25) is 10.1 Å². The molecule has 0 fully saturated rings. The van der Waals surface area contributed by atoms with Gasteiger partial charge in [-0.15, -0.1) is 0 Å². The second-order valence-corrected chi connectivity index (χ2v) is 4.25. The second-order valence-electron chi connectivity index (χ2n) is 4.25. The van der Waals surface area contributed by atoms with Gasteiger partial charge in [0.15, 0.2) is 0 Å². The Labute approximate surface area is 119 Å². The summed E-state index contributed by atoms with van der Waals surface area (Å²) >= 11 is 0. The van der Waals surface area contributed by atoms with Crippen molar-refractivity contribution in [2.24, 2.45) is 0 Å². The summed E-state index contributed by atoms with van der Waals surface area (Å²) in [5, 5.41) is 13.6. The van der Waals surface area contributed by atoms with Crippen molar-refractivity contribution >= 4 is 11.4 Å². The molecule has 7 heteroatoms. The maximum absolute atomic E-state index is 13.0. The summed E-state index contributed by atoms with van der Waals surface area (Å²) in [5.41, 5.74) is 0.801. The first-order valence-corrected chi connectivity index (χ1v) is 6.03. The first kappa shape index (κ1) is 14.7. The van der Waals surface area contributed by atoms with Gasteiger partial charge in [0.1, 0.15) is 29.7 Å². The lowest BCUT2D eigenvalue weighted by atomic mass is 10.2. The summed E-state index contributed by atoms with van der Waals surface area (Å²) in [6, 6.07) is 7.34. The molecule has 0 unspecified atom stereocenters. The zero-order chi connectivity index (χ0) is 15.4. The molecule has 0 heterocycles. The number of ether oxygens (including phenoxy) is 1. The Hall–Kier alpha value is -2.70. The molecule has 2 aromatic rings. The van der Waals surface area contributed by atoms with E-state index in [0.29, 0.717) is 11.3 Å². The number of benzene rings is 2. The minimum Gasteiger partial charge on any atom is -0.489 e. The fourth-order valence-electron chi connectivity index (χ4n) is 1.81. The normalized spacial score (nSPS) is 10.2. The van der Waals surface area contributed by atoms with Gasteiger partial charge in [-0.2, -0.15) is 0 Å². The van der Waals surface area contributed by atoms with E-state index in [1.807, 2.05) is 0 Å². The minimum atomic E-state index is -0.749. The molecule has 5 nitrogen and oxygen atoms in total. The van der Waals surface area contributed by atoms with Gasteiger partial charge in [-0.1, -0.05) is 6.07 Å². The molecule has 0 bridgehead atoms. The van der Waals surface area contributed by atoms with E-state index in [1.165, 1.54) is 6.07 Å². The van der Waals surface area contributed by atoms with Crippen molar-refractivity contribution in [1.82, 2.24) is 0 Å². The highest BCUT2D eigenvalue weighted by Crippen LogP contribution is 2.26. The molecule has 0 saturated carbocycles. The fourth-order valence-corrected chi connectivity index (χ4v) is 1.81. The molecule has 0 aromatic heterocycles. The molecular weight excluding hydrogens is 282 g/mol. The smallest absolute Gasteiger partial charge is 0.292 e. The number of rotatable bonds is 5. The minimum absolute atomic E-state index is 0.0212. The Kier molecular flexibility index (Phi) is 4.32. The zero-order valence-corrected chi connectivity index (χ0v) is 11.1. The molecule has 0 saturated heterocycles. The monoisotopic (exact) mass is 294 g/mol. The maximum Gasteiger partial charge on any atom is 0.292 e. The molecule has 21 heavy (non-hydrogen) atoms. The van der Waals surface area contributed by atoms with Gasteiger partial charge >= 0.3 is 0 Å². The van der Waals surface area contributed by atoms with Crippen LogP contribution in [0.15, 0.2) is 36.4 Å². The van der Waals surface area contributed by atoms with Crippen molar-refractivity contribution < 1.29 is 18.4 Å². The predicted molar refractivity (Wildman–Crippen MR) is 73.3 cm³/mol. The topological polar surface area (TPSA) is 64.4 Å². The number of nitro benzene ring substituents is 1. The Morgan fingerprint density at radius 1 is 1.19 bits per heavy atom. The SMILES string of the molecule is CNc1ccc(COc2cc(F)cc(F)c2)cc1[N+](=O)[O-]. The molecule has 1 N–H and O–H groups in total. The number of anilines is 1. The molecule has 2 rings (SSSR count). The summed E-state index contributed by atoms with van der Waals surface area (Å²) in [4.78, 5) is 10.4. The van der Waals surface area contributed by atoms with Crippen molar-refractivity contribution in [2.45, 2.75) is 6.61 Å². The van der Waals surface area contributed by atoms with Crippen LogP contribution >= 0.6 is 0 Å². The second kappa shape index (κ2) is 6.17. The number of hydrogen-bond donors (Lipinski definition) is 1. The molecule has 0 aliphatic heterocycles. The molecule has 0 aliphatic rings. The lowest BCUT2D eigenvalue weighted by molar-refractivity contribution is -0.384. The van der Waals surface area contributed by atoms with Gasteiger partial charge in [0.25, 0.3) is 5.69 Å². The van der Waals surface area contributed by atoms with E-state index in [2.05, 4.69) is 5.32 Å². The third kappa shape index (κ3) is 3.65. The predicted octanol–water partition coefficient (Wildman–Crippen LogP) is 3.49. The van der Waals surface area contributed by atoms with Crippen LogP contribution in [-0.2, 0) is 6.61 Å². The van der Waals surface area contributed by atoms with Crippen LogP contribution in [0.4, 0.5) is 20.2 Å². The summed E-state index contributed by atoms with van der Waals surface area (Å²) in [6.07, 6.45) is 0. The van der Waals surface area contributed by atoms with Crippen LogP contribution in [0.2, 0.25) is 0 Å². The molecule has 0 radical (unpaired) electrons. The largest absolute Gasteiger partial charge is 0.489 e. The van der Waals surface area contributed by atoms with Crippen LogP contribution in [0.1, 0.15) is 5.56 Å². The summed E-state index contributed by atoms with van der Waals surface area (Å²) in [5.74, 6) is -1.48. The molecule has 0 atom stereocenters. The van der Waals surface area contributed by atoms with Crippen molar-refractivity contribution in [1.29, 1.82) is 0 Å². The van der Waals surface area contributed by atoms with Gasteiger partial charge in [0.2, 0.25) is 0 Å². The summed E-state index contributed by atoms with van der Waals surface area (Å²) in [7, 11) is 1.58. The van der Waals surface area contributed by atoms with Gasteiger partial charge < -0.3 is 10.1 Å². The molecule has 110 valence electrons. The Morgan fingerprint density at radius 3 is 2.43 bits per heavy atom. The molecule has 0 amide bonds. The van der Waals surface area contributed by atoms with E-state index in [9.17, 15) is 18.9 Å². The van der Waals surface area contributed by atoms with Crippen molar-refractivity contribution in [3.8, 4) is 5.75 Å². The van der Waals surface area contributed by atoms with Crippen molar-refractivity contribution in [3.05, 3.63) is 63.7 Å². The first-order valence-electron chi connectivity index (χ1n) is 6.03. The van der Waals surface area contributed by atoms with Crippen molar-refractivity contribution in [2.75, 3.05) is 12.4 Å². The number of nitro groups is 1. The molecule has 0 spiro atoms. The summed E-state index contributed by atoms with van der Waals surface area (Å²) < 4.78 is 31.2. The first-order chi connectivity index (χ1) is 9.99. The quantitative estimate of drug-likeness (QED) is 0.677. The number of halogens is 2. The van der Waals surface area contributed by atoms with E-state index in [0.717, 1.165) is 18.2 Å². The maximum atomic E-state index is 13.0. The molecule has 2 aromatic carbocycles. The highest BCUT2D eigenvalue weighted by Gasteiger charge is 2.13. The van der Waals surface area contributed by atoms with E-state index in [4.69, 9.17) is 4.74 Å². The molecule has 0 aliphatic carbocycles. The third-order valence-electron chi connectivity index (χ3n) is 2.77. The Balaban J connectivity index is 2.16. The third-order valence-corrected chi connectivity index (χ3v) is 2.77. The fraction of sp³-hybridized carbons (Fsp3) is 0.143. The van der Waals surface area contributed by atoms with Crippen LogP contribution in [0.25, 0.3) is 0 Å². The van der Waals surface area contributed by atoms with Crippen LogP contribution in [-0.4, -0.2) is 12.0 Å². The number of nitrogens with one attached hydrogen (secondary N) is 1. The Morgan fingerprint density at radius 2 is 1.86 bits per heavy atom. The van der Waals surface area contributed by atoms with Crippen LogP contribution in [0, 0.1) is 21.7 Å². The standard InChI is InChI=1S/C14H12F2N2O3/c1-17-13-3-2-9(4-14(13)18(19)20)8-21-12-6-10(15)5-11(16)7-12/h2-7,17H,8H2,1H3. The van der Waals surface area contributed by atoms with Gasteiger partial charge in [0.05, 0.1) is 4.92 Å². The average Bonchev–Trinajstić information content (AvgIpc) is 2.43. The Bertz CT molecular complexity index is 657. The van der Waals surface area contributed by atoms with Crippen LogP contribution in [0.5, 0.6) is 5.75 Å². The molecular formula is C14H12F2N2O3. The van der Waals surface area contributed by atoms with Gasteiger partial charge in [-0.25, -0.2) is 8.78 Å². The number of hydrogen-bond acceptors (Lipinski definition) is 4. The highest BCUT2D eigenvalue weighted by molar-refractivity contribution is 5.62. The van der Waals surface area contributed by atoms with E-state index in [-0.39, 0.29) is 18.0 Å². The van der Waals surface area contributed by atoms with Gasteiger partial charge in [0, 0.05) is 31.3 Å². The van der Waals surface area contributed by atoms with E-state index >= 15 is 0 Å². The van der Waals surface area contributed by atoms with Crippen LogP contribution < -0.4 is 10.1 Å². The van der Waals surface area contributed by atoms with Crippen molar-refractivity contribution in [3.63, 3.8) is 0 Å². The lowest BCUT2D eigenvalue weighted by Crippen LogP contribution is -2.01. The van der Waals surface area contributed by atoms with E-state index in [1.54, 1.807) is 19.2 Å². The van der Waals surface area contributed by atoms with Crippen LogP contribution in [0.3, 0.4) is 0 Å². The van der Waals surface area contributed by atoms with Gasteiger partial charge in [-0.05, 0) is 11.6 Å².